The van der Waals surface area contributed by atoms with E-state index in [2.05, 4.69) is 10.3 Å². The van der Waals surface area contributed by atoms with Crippen molar-refractivity contribution in [2.75, 3.05) is 5.32 Å². The van der Waals surface area contributed by atoms with Gasteiger partial charge in [0, 0.05) is 12.2 Å². The molecule has 0 saturated heterocycles. The summed E-state index contributed by atoms with van der Waals surface area (Å²) in [5.74, 6) is -1.43. The molecular formula is C11H11N3O4. The Bertz CT molecular complexity index is 515. The second-order valence-electron chi connectivity index (χ2n) is 3.97. The summed E-state index contributed by atoms with van der Waals surface area (Å²) in [5, 5.41) is 22.6. The van der Waals surface area contributed by atoms with E-state index >= 15 is 0 Å². The third-order valence-corrected chi connectivity index (χ3v) is 2.74. The first-order valence-electron chi connectivity index (χ1n) is 5.34. The Morgan fingerprint density at radius 3 is 2.94 bits per heavy atom. The third kappa shape index (κ3) is 2.45. The predicted molar refractivity (Wildman–Crippen MR) is 63.2 cm³/mol. The monoisotopic (exact) mass is 249 g/mol. The van der Waals surface area contributed by atoms with Gasteiger partial charge in [-0.15, -0.1) is 0 Å². The summed E-state index contributed by atoms with van der Waals surface area (Å²) in [6, 6.07) is 1.28. The van der Waals surface area contributed by atoms with Gasteiger partial charge >= 0.3 is 11.7 Å². The van der Waals surface area contributed by atoms with Crippen molar-refractivity contribution in [1.29, 1.82) is 0 Å². The fraction of sp³-hybridized carbons (Fsp3) is 0.273. The molecular weight excluding hydrogens is 238 g/mol. The second kappa shape index (κ2) is 4.82. The van der Waals surface area contributed by atoms with E-state index in [1.807, 2.05) is 0 Å². The molecule has 0 saturated carbocycles. The van der Waals surface area contributed by atoms with Crippen molar-refractivity contribution in [2.45, 2.75) is 12.5 Å². The summed E-state index contributed by atoms with van der Waals surface area (Å²) in [4.78, 5) is 24.7. The van der Waals surface area contributed by atoms with E-state index in [-0.39, 0.29) is 11.7 Å². The van der Waals surface area contributed by atoms with Crippen LogP contribution in [0.4, 0.5) is 11.4 Å². The molecule has 7 heteroatoms. The lowest BCUT2D eigenvalue weighted by Gasteiger charge is -2.13. The summed E-state index contributed by atoms with van der Waals surface area (Å²) in [6.07, 6.45) is 6.29. The first kappa shape index (κ1) is 12.0. The van der Waals surface area contributed by atoms with Gasteiger partial charge in [0.15, 0.2) is 0 Å². The van der Waals surface area contributed by atoms with E-state index in [9.17, 15) is 14.9 Å². The van der Waals surface area contributed by atoms with E-state index in [0.29, 0.717) is 12.1 Å². The lowest BCUT2D eigenvalue weighted by Crippen LogP contribution is -2.19. The van der Waals surface area contributed by atoms with Crippen LogP contribution in [0.3, 0.4) is 0 Å². The van der Waals surface area contributed by atoms with Crippen LogP contribution in [0.15, 0.2) is 30.6 Å². The minimum absolute atomic E-state index is 0.121. The number of carbonyl (C=O) groups is 1. The standard InChI is InChI=1S/C11H11N3O4/c15-11(16)7-1-2-8(5-7)13-9-3-4-12-6-10(9)14(17)18/h1-4,6-8H,5H2,(H,12,13)(H,15,16). The molecule has 2 N–H and O–H groups in total. The number of hydrogen-bond donors (Lipinski definition) is 2. The zero-order chi connectivity index (χ0) is 13.1. The molecule has 2 rings (SSSR count). The van der Waals surface area contributed by atoms with Crippen molar-refractivity contribution in [2.24, 2.45) is 5.92 Å². The topological polar surface area (TPSA) is 105 Å². The number of anilines is 1. The molecule has 1 aliphatic carbocycles. The SMILES string of the molecule is O=C(O)C1C=CC(Nc2ccncc2[N+](=O)[O-])C1. The minimum atomic E-state index is -0.889. The molecule has 7 nitrogen and oxygen atoms in total. The van der Waals surface area contributed by atoms with Gasteiger partial charge < -0.3 is 10.4 Å². The van der Waals surface area contributed by atoms with Crippen LogP contribution in [0.5, 0.6) is 0 Å². The van der Waals surface area contributed by atoms with Gasteiger partial charge in [-0.2, -0.15) is 0 Å². The van der Waals surface area contributed by atoms with Crippen LogP contribution >= 0.6 is 0 Å². The molecule has 0 amide bonds. The number of hydrogen-bond acceptors (Lipinski definition) is 5. The lowest BCUT2D eigenvalue weighted by atomic mass is 10.1. The molecule has 0 spiro atoms. The highest BCUT2D eigenvalue weighted by atomic mass is 16.6. The highest BCUT2D eigenvalue weighted by molar-refractivity contribution is 5.73. The van der Waals surface area contributed by atoms with Gasteiger partial charge in [-0.1, -0.05) is 12.2 Å². The van der Waals surface area contributed by atoms with Crippen LogP contribution in [0.2, 0.25) is 0 Å². The zero-order valence-corrected chi connectivity index (χ0v) is 9.31. The Hall–Kier alpha value is -2.44. The maximum Gasteiger partial charge on any atom is 0.310 e. The van der Waals surface area contributed by atoms with E-state index in [1.165, 1.54) is 12.3 Å². The summed E-state index contributed by atoms with van der Waals surface area (Å²) >= 11 is 0. The van der Waals surface area contributed by atoms with Crippen LogP contribution in [0.1, 0.15) is 6.42 Å². The Labute approximate surface area is 102 Å². The molecule has 0 bridgehead atoms. The smallest absolute Gasteiger partial charge is 0.310 e. The summed E-state index contributed by atoms with van der Waals surface area (Å²) < 4.78 is 0. The molecule has 2 unspecified atom stereocenters. The van der Waals surface area contributed by atoms with Gasteiger partial charge in [-0.25, -0.2) is 0 Å². The van der Waals surface area contributed by atoms with Crippen molar-refractivity contribution < 1.29 is 14.8 Å². The maximum absolute atomic E-state index is 10.8. The minimum Gasteiger partial charge on any atom is -0.481 e. The molecule has 1 aliphatic rings. The van der Waals surface area contributed by atoms with Gasteiger partial charge in [0.25, 0.3) is 0 Å². The van der Waals surface area contributed by atoms with Gasteiger partial charge in [-0.05, 0) is 12.5 Å². The number of carboxylic acid groups (broad SMARTS) is 1. The Balaban J connectivity index is 2.10. The van der Waals surface area contributed by atoms with Crippen LogP contribution in [-0.2, 0) is 4.79 Å². The van der Waals surface area contributed by atoms with Crippen molar-refractivity contribution in [3.63, 3.8) is 0 Å². The van der Waals surface area contributed by atoms with E-state index in [0.717, 1.165) is 6.20 Å². The molecule has 0 aliphatic heterocycles. The number of pyridine rings is 1. The quantitative estimate of drug-likeness (QED) is 0.475. The first-order chi connectivity index (χ1) is 8.58. The number of rotatable bonds is 4. The second-order valence-corrected chi connectivity index (χ2v) is 3.97. The molecule has 0 radical (unpaired) electrons. The van der Waals surface area contributed by atoms with E-state index in [4.69, 9.17) is 5.11 Å². The largest absolute Gasteiger partial charge is 0.481 e. The number of carboxylic acids is 1. The molecule has 94 valence electrons. The summed E-state index contributed by atoms with van der Waals surface area (Å²) in [6.45, 7) is 0. The predicted octanol–water partition coefficient (Wildman–Crippen LogP) is 1.43. The van der Waals surface area contributed by atoms with Crippen molar-refractivity contribution >= 4 is 17.3 Å². The zero-order valence-electron chi connectivity index (χ0n) is 9.31. The average molecular weight is 249 g/mol. The Morgan fingerprint density at radius 1 is 1.56 bits per heavy atom. The van der Waals surface area contributed by atoms with Gasteiger partial charge in [-0.3, -0.25) is 19.9 Å². The van der Waals surface area contributed by atoms with E-state index in [1.54, 1.807) is 12.2 Å². The number of aliphatic carboxylic acids is 1. The van der Waals surface area contributed by atoms with Crippen LogP contribution in [0.25, 0.3) is 0 Å². The molecule has 0 aromatic carbocycles. The number of nitro groups is 1. The number of nitrogens with one attached hydrogen (secondary N) is 1. The molecule has 0 fully saturated rings. The normalized spacial score (nSPS) is 21.8. The highest BCUT2D eigenvalue weighted by Crippen LogP contribution is 2.27. The van der Waals surface area contributed by atoms with Crippen molar-refractivity contribution in [3.05, 3.63) is 40.7 Å². The maximum atomic E-state index is 10.8. The molecule has 18 heavy (non-hydrogen) atoms. The molecule has 1 heterocycles. The van der Waals surface area contributed by atoms with Crippen molar-refractivity contribution in [1.82, 2.24) is 4.98 Å². The Kier molecular flexibility index (Phi) is 3.22. The fourth-order valence-electron chi connectivity index (χ4n) is 1.84. The highest BCUT2D eigenvalue weighted by Gasteiger charge is 2.25. The van der Waals surface area contributed by atoms with Gasteiger partial charge in [0.2, 0.25) is 0 Å². The molecule has 1 aromatic heterocycles. The van der Waals surface area contributed by atoms with Crippen LogP contribution in [-0.4, -0.2) is 27.0 Å². The average Bonchev–Trinajstić information content (AvgIpc) is 2.78. The van der Waals surface area contributed by atoms with Crippen LogP contribution in [0, 0.1) is 16.0 Å². The van der Waals surface area contributed by atoms with Crippen molar-refractivity contribution in [3.8, 4) is 0 Å². The molecule has 1 aromatic rings. The Morgan fingerprint density at radius 2 is 2.33 bits per heavy atom. The first-order valence-corrected chi connectivity index (χ1v) is 5.34. The summed E-state index contributed by atoms with van der Waals surface area (Å²) in [7, 11) is 0. The fourth-order valence-corrected chi connectivity index (χ4v) is 1.84. The summed E-state index contributed by atoms with van der Waals surface area (Å²) in [5.41, 5.74) is 0.223. The third-order valence-electron chi connectivity index (χ3n) is 2.74. The van der Waals surface area contributed by atoms with Gasteiger partial charge in [0.1, 0.15) is 11.9 Å². The number of nitrogens with zero attached hydrogens (tertiary/aromatic N) is 2. The lowest BCUT2D eigenvalue weighted by molar-refractivity contribution is -0.384. The van der Waals surface area contributed by atoms with Crippen LogP contribution < -0.4 is 5.32 Å². The van der Waals surface area contributed by atoms with E-state index < -0.39 is 16.8 Å². The molecule has 2 atom stereocenters. The van der Waals surface area contributed by atoms with Gasteiger partial charge in [0.05, 0.1) is 10.8 Å². The number of aromatic nitrogens is 1.